The van der Waals surface area contributed by atoms with Gasteiger partial charge in [-0.3, -0.25) is 10.1 Å². The summed E-state index contributed by atoms with van der Waals surface area (Å²) in [5.74, 6) is -0.0329. The summed E-state index contributed by atoms with van der Waals surface area (Å²) in [7, 11) is 1.59. The van der Waals surface area contributed by atoms with Crippen molar-refractivity contribution in [1.82, 2.24) is 10.2 Å². The molecule has 0 rings (SSSR count). The van der Waals surface area contributed by atoms with Gasteiger partial charge < -0.3 is 29.7 Å². The summed E-state index contributed by atoms with van der Waals surface area (Å²) in [6.45, 7) is 7.03. The van der Waals surface area contributed by atoms with Crippen LogP contribution in [0.5, 0.6) is 0 Å². The molecule has 0 saturated carbocycles. The molecule has 8 heteroatoms. The van der Waals surface area contributed by atoms with E-state index in [9.17, 15) is 9.90 Å². The fourth-order valence-corrected chi connectivity index (χ4v) is 4.77. The molecule has 0 spiro atoms. The summed E-state index contributed by atoms with van der Waals surface area (Å²) < 4.78 is 10.4. The van der Waals surface area contributed by atoms with E-state index in [2.05, 4.69) is 17.1 Å². The van der Waals surface area contributed by atoms with E-state index in [1.54, 1.807) is 7.11 Å². The maximum absolute atomic E-state index is 11.9. The maximum atomic E-state index is 11.9. The Kier molecular flexibility index (Phi) is 29.6. The normalized spacial score (nSPS) is 12.5. The van der Waals surface area contributed by atoms with Crippen molar-refractivity contribution in [2.75, 3.05) is 46.5 Å². The van der Waals surface area contributed by atoms with E-state index in [4.69, 9.17) is 19.7 Å². The molecule has 0 bridgehead atoms. The summed E-state index contributed by atoms with van der Waals surface area (Å²) in [5, 5.41) is 30.7. The fourth-order valence-electron chi connectivity index (χ4n) is 4.77. The van der Waals surface area contributed by atoms with Crippen molar-refractivity contribution in [2.24, 2.45) is 0 Å². The number of rotatable bonds is 31. The molecule has 0 aliphatic rings. The number of methoxy groups -OCH3 is 1. The lowest BCUT2D eigenvalue weighted by atomic mass is 10.1. The number of esters is 1. The van der Waals surface area contributed by atoms with Gasteiger partial charge in [0, 0.05) is 13.5 Å². The first-order valence-electron chi connectivity index (χ1n) is 16.1. The van der Waals surface area contributed by atoms with Gasteiger partial charge in [0.05, 0.1) is 13.2 Å². The highest BCUT2D eigenvalue weighted by molar-refractivity contribution is 5.69. The summed E-state index contributed by atoms with van der Waals surface area (Å²) in [5.41, 5.74) is 0. The van der Waals surface area contributed by atoms with E-state index in [1.165, 1.54) is 57.8 Å². The molecule has 0 fully saturated rings. The third-order valence-corrected chi connectivity index (χ3v) is 7.16. The van der Waals surface area contributed by atoms with Crippen LogP contribution in [0.15, 0.2) is 0 Å². The smallest absolute Gasteiger partial charge is 0.305 e. The molecule has 0 saturated heterocycles. The summed E-state index contributed by atoms with van der Waals surface area (Å²) in [4.78, 5) is 14.4. The van der Waals surface area contributed by atoms with E-state index < -0.39 is 12.5 Å². The molecule has 8 nitrogen and oxygen atoms in total. The first-order valence-corrected chi connectivity index (χ1v) is 16.1. The number of hydrogen-bond acceptors (Lipinski definition) is 8. The Labute approximate surface area is 240 Å². The van der Waals surface area contributed by atoms with Crippen LogP contribution in [-0.2, 0) is 14.3 Å². The molecule has 0 aromatic rings. The molecular weight excluding hydrogens is 496 g/mol. The van der Waals surface area contributed by atoms with E-state index in [0.29, 0.717) is 26.1 Å². The number of ether oxygens (including phenoxy) is 2. The number of hydrogen-bond donors (Lipinski definition) is 4. The summed E-state index contributed by atoms with van der Waals surface area (Å²) in [6.07, 6.45) is 19.7. The minimum Gasteiger partial charge on any atom is -0.466 e. The predicted molar refractivity (Wildman–Crippen MR) is 160 cm³/mol. The molecule has 0 aliphatic heterocycles. The van der Waals surface area contributed by atoms with Crippen molar-refractivity contribution in [3.8, 4) is 0 Å². The number of nitrogens with zero attached hydrogens (tertiary/aromatic N) is 1. The van der Waals surface area contributed by atoms with Crippen molar-refractivity contribution < 1.29 is 29.6 Å². The van der Waals surface area contributed by atoms with Crippen molar-refractivity contribution >= 4 is 5.97 Å². The molecule has 0 aromatic carbocycles. The third-order valence-electron chi connectivity index (χ3n) is 7.16. The number of carbonyl (C=O) groups excluding carboxylic acids is 1. The second-order valence-corrected chi connectivity index (χ2v) is 11.0. The lowest BCUT2D eigenvalue weighted by Crippen LogP contribution is -2.35. The van der Waals surface area contributed by atoms with Crippen LogP contribution in [0, 0.1) is 0 Å². The lowest BCUT2D eigenvalue weighted by molar-refractivity contribution is -0.143. The van der Waals surface area contributed by atoms with Crippen LogP contribution in [-0.4, -0.2) is 85.2 Å². The van der Waals surface area contributed by atoms with Gasteiger partial charge in [-0.05, 0) is 71.1 Å². The standard InChI is InChI=1S/C31H64N2O6/c1-3-4-5-6-7-11-16-22-31(37)39-27-19-14-9-13-18-25-33(26-20-23-32-29(34)28-38-2)24-17-12-8-10-15-21-30(35)36/h29-30,32,34-36H,3-28H2,1-2H3. The largest absolute Gasteiger partial charge is 0.466 e. The zero-order valence-electron chi connectivity index (χ0n) is 25.6. The van der Waals surface area contributed by atoms with E-state index in [1.807, 2.05) is 0 Å². The van der Waals surface area contributed by atoms with Crippen LogP contribution in [0.1, 0.15) is 135 Å². The Morgan fingerprint density at radius 3 is 1.87 bits per heavy atom. The van der Waals surface area contributed by atoms with Gasteiger partial charge in [-0.1, -0.05) is 84.0 Å². The fraction of sp³-hybridized carbons (Fsp3) is 0.968. The average Bonchev–Trinajstić information content (AvgIpc) is 2.90. The highest BCUT2D eigenvalue weighted by atomic mass is 16.5. The van der Waals surface area contributed by atoms with Gasteiger partial charge in [-0.15, -0.1) is 0 Å². The Morgan fingerprint density at radius 2 is 1.26 bits per heavy atom. The maximum Gasteiger partial charge on any atom is 0.305 e. The zero-order chi connectivity index (χ0) is 28.8. The highest BCUT2D eigenvalue weighted by Gasteiger charge is 2.07. The van der Waals surface area contributed by atoms with E-state index in [0.717, 1.165) is 84.0 Å². The topological polar surface area (TPSA) is 111 Å². The van der Waals surface area contributed by atoms with Crippen LogP contribution in [0.2, 0.25) is 0 Å². The second-order valence-electron chi connectivity index (χ2n) is 11.0. The van der Waals surface area contributed by atoms with Gasteiger partial charge >= 0.3 is 5.97 Å². The van der Waals surface area contributed by atoms with Crippen molar-refractivity contribution in [3.63, 3.8) is 0 Å². The Bertz CT molecular complexity index is 509. The Balaban J connectivity index is 3.89. The summed E-state index contributed by atoms with van der Waals surface area (Å²) >= 11 is 0. The number of aliphatic hydroxyl groups is 3. The van der Waals surface area contributed by atoms with Gasteiger partial charge in [-0.25, -0.2) is 0 Å². The van der Waals surface area contributed by atoms with Crippen molar-refractivity contribution in [2.45, 2.75) is 148 Å². The number of aliphatic hydroxyl groups excluding tert-OH is 2. The predicted octanol–water partition coefficient (Wildman–Crippen LogP) is 5.52. The van der Waals surface area contributed by atoms with Crippen LogP contribution < -0.4 is 5.32 Å². The van der Waals surface area contributed by atoms with Crippen LogP contribution >= 0.6 is 0 Å². The number of unbranched alkanes of at least 4 members (excludes halogenated alkanes) is 14. The average molecular weight is 561 g/mol. The molecule has 1 atom stereocenters. The zero-order valence-corrected chi connectivity index (χ0v) is 25.6. The van der Waals surface area contributed by atoms with Gasteiger partial charge in [0.2, 0.25) is 0 Å². The van der Waals surface area contributed by atoms with E-state index >= 15 is 0 Å². The second kappa shape index (κ2) is 30.2. The van der Waals surface area contributed by atoms with Gasteiger partial charge in [0.15, 0.2) is 6.29 Å². The first-order chi connectivity index (χ1) is 19.0. The van der Waals surface area contributed by atoms with Crippen LogP contribution in [0.25, 0.3) is 0 Å². The molecular formula is C31H64N2O6. The molecule has 39 heavy (non-hydrogen) atoms. The van der Waals surface area contributed by atoms with Gasteiger partial charge in [-0.2, -0.15) is 0 Å². The molecule has 0 aliphatic carbocycles. The molecule has 1 unspecified atom stereocenters. The monoisotopic (exact) mass is 560 g/mol. The first kappa shape index (κ1) is 38.2. The molecule has 0 amide bonds. The molecule has 4 N–H and O–H groups in total. The number of nitrogens with one attached hydrogen (secondary N) is 1. The molecule has 0 radical (unpaired) electrons. The highest BCUT2D eigenvalue weighted by Crippen LogP contribution is 2.11. The van der Waals surface area contributed by atoms with Gasteiger partial charge in [0.1, 0.15) is 6.23 Å². The third kappa shape index (κ3) is 30.0. The Hall–Kier alpha value is -0.770. The van der Waals surface area contributed by atoms with Crippen molar-refractivity contribution in [1.29, 1.82) is 0 Å². The number of carbonyl (C=O) groups is 1. The quantitative estimate of drug-likeness (QED) is 0.0498. The van der Waals surface area contributed by atoms with E-state index in [-0.39, 0.29) is 5.97 Å². The minimum atomic E-state index is -1.17. The van der Waals surface area contributed by atoms with Crippen molar-refractivity contribution in [3.05, 3.63) is 0 Å². The van der Waals surface area contributed by atoms with Crippen LogP contribution in [0.3, 0.4) is 0 Å². The van der Waals surface area contributed by atoms with Crippen LogP contribution in [0.4, 0.5) is 0 Å². The summed E-state index contributed by atoms with van der Waals surface area (Å²) in [6, 6.07) is 0. The molecule has 234 valence electrons. The molecule has 0 aromatic heterocycles. The SMILES string of the molecule is CCCCCCCCCC(=O)OCCCCCCCN(CCCCCCCC(O)O)CCCNC(O)COC. The molecule has 0 heterocycles. The van der Waals surface area contributed by atoms with Gasteiger partial charge in [0.25, 0.3) is 0 Å². The minimum absolute atomic E-state index is 0.0329. The lowest BCUT2D eigenvalue weighted by Gasteiger charge is -2.23. The Morgan fingerprint density at radius 1 is 0.718 bits per heavy atom.